The Morgan fingerprint density at radius 2 is 2.16 bits per heavy atom. The van der Waals surface area contributed by atoms with Gasteiger partial charge in [0.2, 0.25) is 5.95 Å². The molecule has 1 saturated heterocycles. The molecule has 2 aliphatic rings. The first-order valence-electron chi connectivity index (χ1n) is 8.84. The van der Waals surface area contributed by atoms with Gasteiger partial charge in [-0.1, -0.05) is 24.3 Å². The number of amides is 1. The normalized spacial score (nSPS) is 19.5. The summed E-state index contributed by atoms with van der Waals surface area (Å²) in [5, 5.41) is 2.91. The Morgan fingerprint density at radius 1 is 1.28 bits per heavy atom. The summed E-state index contributed by atoms with van der Waals surface area (Å²) in [6, 6.07) is 10.1. The van der Waals surface area contributed by atoms with Gasteiger partial charge in [0.15, 0.2) is 0 Å². The van der Waals surface area contributed by atoms with Gasteiger partial charge in [0.1, 0.15) is 5.69 Å². The third-order valence-electron chi connectivity index (χ3n) is 4.80. The van der Waals surface area contributed by atoms with E-state index < -0.39 is 0 Å². The lowest BCUT2D eigenvalue weighted by Crippen LogP contribution is -2.34. The van der Waals surface area contributed by atoms with Crippen molar-refractivity contribution in [1.82, 2.24) is 15.3 Å². The number of nitrogens with zero attached hydrogens (tertiary/aromatic N) is 3. The molecule has 3 heterocycles. The van der Waals surface area contributed by atoms with Crippen molar-refractivity contribution >= 4 is 11.9 Å². The van der Waals surface area contributed by atoms with Gasteiger partial charge in [0, 0.05) is 32.4 Å². The number of nitrogens with one attached hydrogen (secondary N) is 1. The molecular weight excluding hydrogens is 316 g/mol. The zero-order valence-corrected chi connectivity index (χ0v) is 14.1. The van der Waals surface area contributed by atoms with E-state index in [1.54, 1.807) is 12.3 Å². The first-order chi connectivity index (χ1) is 12.3. The fourth-order valence-electron chi connectivity index (χ4n) is 3.40. The highest BCUT2D eigenvalue weighted by molar-refractivity contribution is 5.92. The van der Waals surface area contributed by atoms with E-state index in [1.807, 2.05) is 0 Å². The van der Waals surface area contributed by atoms with Crippen molar-refractivity contribution in [3.63, 3.8) is 0 Å². The van der Waals surface area contributed by atoms with Gasteiger partial charge >= 0.3 is 0 Å². The van der Waals surface area contributed by atoms with Gasteiger partial charge in [0.05, 0.1) is 6.10 Å². The lowest BCUT2D eigenvalue weighted by molar-refractivity contribution is 0.0853. The van der Waals surface area contributed by atoms with Gasteiger partial charge in [-0.05, 0) is 36.5 Å². The molecule has 4 rings (SSSR count). The van der Waals surface area contributed by atoms with Crippen LogP contribution in [-0.2, 0) is 17.7 Å². The molecule has 1 aromatic heterocycles. The number of anilines is 1. The fraction of sp³-hybridized carbons (Fsp3) is 0.421. The lowest BCUT2D eigenvalue weighted by Gasteiger charge is -2.28. The van der Waals surface area contributed by atoms with Gasteiger partial charge in [-0.2, -0.15) is 0 Å². The molecular formula is C19H22N4O2. The molecule has 0 bridgehead atoms. The van der Waals surface area contributed by atoms with Crippen LogP contribution < -0.4 is 10.2 Å². The maximum Gasteiger partial charge on any atom is 0.270 e. The van der Waals surface area contributed by atoms with Crippen LogP contribution in [0.25, 0.3) is 0 Å². The molecule has 25 heavy (non-hydrogen) atoms. The van der Waals surface area contributed by atoms with Gasteiger partial charge < -0.3 is 15.0 Å². The predicted molar refractivity (Wildman–Crippen MR) is 94.5 cm³/mol. The first kappa shape index (κ1) is 16.0. The SMILES string of the molecule is O=C(NCC1CCCO1)c1ccnc(N2CCc3ccccc3C2)n1. The first-order valence-corrected chi connectivity index (χ1v) is 8.84. The predicted octanol–water partition coefficient (Wildman–Crippen LogP) is 1.95. The van der Waals surface area contributed by atoms with Crippen molar-refractivity contribution in [2.45, 2.75) is 31.9 Å². The van der Waals surface area contributed by atoms with Crippen LogP contribution in [-0.4, -0.2) is 41.7 Å². The second-order valence-electron chi connectivity index (χ2n) is 6.53. The Morgan fingerprint density at radius 3 is 3.00 bits per heavy atom. The Labute approximate surface area is 147 Å². The third-order valence-corrected chi connectivity index (χ3v) is 4.80. The second kappa shape index (κ2) is 7.19. The van der Waals surface area contributed by atoms with Crippen molar-refractivity contribution in [2.75, 3.05) is 24.6 Å². The zero-order valence-electron chi connectivity index (χ0n) is 14.1. The van der Waals surface area contributed by atoms with Crippen LogP contribution in [0.4, 0.5) is 5.95 Å². The number of benzene rings is 1. The standard InChI is InChI=1S/C19H22N4O2/c24-18(21-12-16-6-3-11-25-16)17-7-9-20-19(22-17)23-10-8-14-4-1-2-5-15(14)13-23/h1-2,4-5,7,9,16H,3,6,8,10-13H2,(H,21,24). The topological polar surface area (TPSA) is 67.3 Å². The quantitative estimate of drug-likeness (QED) is 0.923. The van der Waals surface area contributed by atoms with E-state index in [2.05, 4.69) is 44.5 Å². The highest BCUT2D eigenvalue weighted by atomic mass is 16.5. The molecule has 1 atom stereocenters. The van der Waals surface area contributed by atoms with Crippen LogP contribution in [0.2, 0.25) is 0 Å². The van der Waals surface area contributed by atoms with E-state index in [1.165, 1.54) is 11.1 Å². The Balaban J connectivity index is 1.43. The average molecular weight is 338 g/mol. The molecule has 1 fully saturated rings. The number of hydrogen-bond donors (Lipinski definition) is 1. The summed E-state index contributed by atoms with van der Waals surface area (Å²) in [5.41, 5.74) is 3.08. The molecule has 6 heteroatoms. The minimum absolute atomic E-state index is 0.129. The molecule has 0 saturated carbocycles. The molecule has 2 aliphatic heterocycles. The molecule has 1 aromatic carbocycles. The summed E-state index contributed by atoms with van der Waals surface area (Å²) in [7, 11) is 0. The monoisotopic (exact) mass is 338 g/mol. The number of carbonyl (C=O) groups excluding carboxylic acids is 1. The van der Waals surface area contributed by atoms with Crippen LogP contribution >= 0.6 is 0 Å². The molecule has 2 aromatic rings. The van der Waals surface area contributed by atoms with Crippen molar-refractivity contribution in [1.29, 1.82) is 0 Å². The van der Waals surface area contributed by atoms with Crippen molar-refractivity contribution in [3.8, 4) is 0 Å². The van der Waals surface area contributed by atoms with Crippen LogP contribution in [0.15, 0.2) is 36.5 Å². The number of ether oxygens (including phenoxy) is 1. The summed E-state index contributed by atoms with van der Waals surface area (Å²) in [4.78, 5) is 23.3. The van der Waals surface area contributed by atoms with Crippen LogP contribution in [0.5, 0.6) is 0 Å². The molecule has 0 radical (unpaired) electrons. The van der Waals surface area contributed by atoms with E-state index >= 15 is 0 Å². The second-order valence-corrected chi connectivity index (χ2v) is 6.53. The molecule has 1 unspecified atom stereocenters. The highest BCUT2D eigenvalue weighted by Crippen LogP contribution is 2.21. The largest absolute Gasteiger partial charge is 0.376 e. The third kappa shape index (κ3) is 3.64. The number of aromatic nitrogens is 2. The molecule has 1 N–H and O–H groups in total. The summed E-state index contributed by atoms with van der Waals surface area (Å²) in [6.45, 7) is 2.96. The highest BCUT2D eigenvalue weighted by Gasteiger charge is 2.20. The van der Waals surface area contributed by atoms with E-state index in [0.717, 1.165) is 39.0 Å². The zero-order chi connectivity index (χ0) is 17.1. The van der Waals surface area contributed by atoms with E-state index in [4.69, 9.17) is 4.74 Å². The smallest absolute Gasteiger partial charge is 0.270 e. The minimum Gasteiger partial charge on any atom is -0.376 e. The number of fused-ring (bicyclic) bond motifs is 1. The summed E-state index contributed by atoms with van der Waals surface area (Å²) in [6.07, 6.45) is 4.82. The van der Waals surface area contributed by atoms with E-state index in [-0.39, 0.29) is 12.0 Å². The van der Waals surface area contributed by atoms with Crippen molar-refractivity contribution < 1.29 is 9.53 Å². The Bertz CT molecular complexity index is 759. The maximum atomic E-state index is 12.4. The lowest BCUT2D eigenvalue weighted by atomic mass is 10.0. The number of carbonyl (C=O) groups is 1. The van der Waals surface area contributed by atoms with E-state index in [9.17, 15) is 4.79 Å². The van der Waals surface area contributed by atoms with Crippen LogP contribution in [0, 0.1) is 0 Å². The Hall–Kier alpha value is -2.47. The minimum atomic E-state index is -0.170. The van der Waals surface area contributed by atoms with Crippen LogP contribution in [0.1, 0.15) is 34.5 Å². The molecule has 6 nitrogen and oxygen atoms in total. The molecule has 1 amide bonds. The van der Waals surface area contributed by atoms with Crippen LogP contribution in [0.3, 0.4) is 0 Å². The summed E-state index contributed by atoms with van der Waals surface area (Å²) < 4.78 is 5.54. The summed E-state index contributed by atoms with van der Waals surface area (Å²) >= 11 is 0. The number of rotatable bonds is 4. The van der Waals surface area contributed by atoms with Crippen molar-refractivity contribution in [2.24, 2.45) is 0 Å². The van der Waals surface area contributed by atoms with Gasteiger partial charge in [-0.25, -0.2) is 9.97 Å². The molecule has 0 spiro atoms. The molecule has 130 valence electrons. The Kier molecular flexibility index (Phi) is 4.61. The maximum absolute atomic E-state index is 12.4. The van der Waals surface area contributed by atoms with Gasteiger partial charge in [-0.3, -0.25) is 4.79 Å². The van der Waals surface area contributed by atoms with Gasteiger partial charge in [-0.15, -0.1) is 0 Å². The fourth-order valence-corrected chi connectivity index (χ4v) is 3.40. The van der Waals surface area contributed by atoms with Crippen molar-refractivity contribution in [3.05, 3.63) is 53.3 Å². The summed E-state index contributed by atoms with van der Waals surface area (Å²) in [5.74, 6) is 0.441. The van der Waals surface area contributed by atoms with Gasteiger partial charge in [0.25, 0.3) is 5.91 Å². The average Bonchev–Trinajstić information content (AvgIpc) is 3.19. The number of hydrogen-bond acceptors (Lipinski definition) is 5. The van der Waals surface area contributed by atoms with E-state index in [0.29, 0.717) is 18.2 Å². The molecule has 0 aliphatic carbocycles.